The van der Waals surface area contributed by atoms with Crippen molar-refractivity contribution in [3.63, 3.8) is 0 Å². The Morgan fingerprint density at radius 2 is 2.18 bits per heavy atom. The molecule has 1 N–H and O–H groups in total. The number of hydrogen-bond donors (Lipinski definition) is 1. The molecule has 3 nitrogen and oxygen atoms in total. The van der Waals surface area contributed by atoms with Crippen LogP contribution in [0.1, 0.15) is 19.4 Å². The Kier molecular flexibility index (Phi) is 3.97. The molecule has 0 aliphatic carbocycles. The normalized spacial score (nSPS) is 24.9. The first-order valence-corrected chi connectivity index (χ1v) is 7.26. The number of nitrogens with zero attached hydrogens (tertiary/aromatic N) is 1. The zero-order chi connectivity index (χ0) is 12.4. The lowest BCUT2D eigenvalue weighted by Crippen LogP contribution is -2.14. The van der Waals surface area contributed by atoms with Gasteiger partial charge in [-0.05, 0) is 17.5 Å². The lowest BCUT2D eigenvalue weighted by atomic mass is 10.1. The van der Waals surface area contributed by atoms with Crippen molar-refractivity contribution in [2.75, 3.05) is 12.4 Å². The minimum Gasteiger partial charge on any atom is -0.392 e. The van der Waals surface area contributed by atoms with Crippen LogP contribution in [-0.4, -0.2) is 32.7 Å². The number of aliphatic hydroxyl groups is 1. The molecule has 2 rings (SSSR count). The van der Waals surface area contributed by atoms with Crippen molar-refractivity contribution in [2.45, 2.75) is 31.4 Å². The molecule has 1 saturated heterocycles. The highest BCUT2D eigenvalue weighted by molar-refractivity contribution is 7.85. The predicted octanol–water partition coefficient (Wildman–Crippen LogP) is 1.58. The highest BCUT2D eigenvalue weighted by Crippen LogP contribution is 2.26. The number of hydrogen-bond acceptors (Lipinski definition) is 3. The summed E-state index contributed by atoms with van der Waals surface area (Å²) < 4.78 is 12.2. The van der Waals surface area contributed by atoms with Gasteiger partial charge in [0.25, 0.3) is 0 Å². The van der Waals surface area contributed by atoms with E-state index in [0.717, 1.165) is 17.0 Å². The summed E-state index contributed by atoms with van der Waals surface area (Å²) in [6.07, 6.45) is 0. The second-order valence-corrected chi connectivity index (χ2v) is 6.21. The van der Waals surface area contributed by atoms with E-state index in [-0.39, 0.29) is 6.61 Å². The summed E-state index contributed by atoms with van der Waals surface area (Å²) >= 11 is 0. The third kappa shape index (κ3) is 2.94. The molecular weight excluding hydrogens is 234 g/mol. The second-order valence-electron chi connectivity index (χ2n) is 4.82. The van der Waals surface area contributed by atoms with Gasteiger partial charge in [-0.3, -0.25) is 9.11 Å². The largest absolute Gasteiger partial charge is 0.392 e. The van der Waals surface area contributed by atoms with Crippen LogP contribution in [0.5, 0.6) is 0 Å². The molecule has 94 valence electrons. The monoisotopic (exact) mass is 253 g/mol. The van der Waals surface area contributed by atoms with E-state index in [9.17, 15) is 9.32 Å². The van der Waals surface area contributed by atoms with Crippen molar-refractivity contribution >= 4 is 10.8 Å². The Morgan fingerprint density at radius 3 is 2.76 bits per heavy atom. The fourth-order valence-corrected chi connectivity index (χ4v) is 3.44. The van der Waals surface area contributed by atoms with Crippen LogP contribution in [0.4, 0.5) is 0 Å². The summed E-state index contributed by atoms with van der Waals surface area (Å²) in [4.78, 5) is 3.00. The molecule has 0 amide bonds. The fourth-order valence-electron chi connectivity index (χ4n) is 2.05. The molecule has 1 aliphatic rings. The third-order valence-corrected chi connectivity index (χ3v) is 4.65. The topological polar surface area (TPSA) is 40.3 Å². The Morgan fingerprint density at radius 1 is 1.47 bits per heavy atom. The molecule has 0 saturated carbocycles. The van der Waals surface area contributed by atoms with Crippen LogP contribution < -0.4 is 0 Å². The first kappa shape index (κ1) is 12.7. The summed E-state index contributed by atoms with van der Waals surface area (Å²) in [5, 5.41) is 9.21. The molecule has 3 atom stereocenters. The van der Waals surface area contributed by atoms with Crippen LogP contribution in [0.25, 0.3) is 0 Å². The quantitative estimate of drug-likeness (QED) is 0.810. The fraction of sp³-hybridized carbons (Fsp3) is 0.538. The zero-order valence-electron chi connectivity index (χ0n) is 10.3. The first-order chi connectivity index (χ1) is 8.13. The summed E-state index contributed by atoms with van der Waals surface area (Å²) in [7, 11) is -1.03. The number of rotatable bonds is 5. The second kappa shape index (κ2) is 5.29. The molecule has 2 unspecified atom stereocenters. The molecule has 17 heavy (non-hydrogen) atoms. The van der Waals surface area contributed by atoms with E-state index in [1.807, 2.05) is 24.3 Å². The van der Waals surface area contributed by atoms with Crippen molar-refractivity contribution in [1.82, 2.24) is 4.90 Å². The van der Waals surface area contributed by atoms with E-state index >= 15 is 0 Å². The van der Waals surface area contributed by atoms with Gasteiger partial charge in [-0.1, -0.05) is 32.0 Å². The molecular formula is C13H19NO2S. The first-order valence-electron chi connectivity index (χ1n) is 5.94. The van der Waals surface area contributed by atoms with Gasteiger partial charge in [0.1, 0.15) is 0 Å². The molecule has 0 radical (unpaired) electrons. The average molecular weight is 253 g/mol. The maximum Gasteiger partial charge on any atom is 0.0798 e. The molecule has 4 heteroatoms. The van der Waals surface area contributed by atoms with Crippen molar-refractivity contribution in [3.8, 4) is 0 Å². The number of benzene rings is 1. The SMILES string of the molecule is CC(C)[C@H]1CN1CS(=O)c1ccccc1CO. The molecule has 1 aromatic carbocycles. The Bertz CT molecular complexity index is 420. The summed E-state index contributed by atoms with van der Waals surface area (Å²) in [5.74, 6) is 1.21. The predicted molar refractivity (Wildman–Crippen MR) is 69.0 cm³/mol. The average Bonchev–Trinajstić information content (AvgIpc) is 3.08. The maximum atomic E-state index is 12.2. The molecule has 0 spiro atoms. The van der Waals surface area contributed by atoms with Gasteiger partial charge in [0, 0.05) is 17.5 Å². The van der Waals surface area contributed by atoms with Crippen LogP contribution in [-0.2, 0) is 17.4 Å². The highest BCUT2D eigenvalue weighted by atomic mass is 32.2. The van der Waals surface area contributed by atoms with Crippen molar-refractivity contribution < 1.29 is 9.32 Å². The van der Waals surface area contributed by atoms with Gasteiger partial charge < -0.3 is 5.11 Å². The lowest BCUT2D eigenvalue weighted by molar-refractivity contribution is 0.278. The highest BCUT2D eigenvalue weighted by Gasteiger charge is 2.37. The molecule has 1 aliphatic heterocycles. The zero-order valence-corrected chi connectivity index (χ0v) is 11.1. The van der Waals surface area contributed by atoms with Gasteiger partial charge >= 0.3 is 0 Å². The molecule has 1 heterocycles. The molecule has 1 fully saturated rings. The summed E-state index contributed by atoms with van der Waals surface area (Å²) in [6.45, 7) is 5.38. The van der Waals surface area contributed by atoms with Gasteiger partial charge in [-0.25, -0.2) is 0 Å². The molecule has 0 aromatic heterocycles. The van der Waals surface area contributed by atoms with Gasteiger partial charge in [0.15, 0.2) is 0 Å². The standard InChI is InChI=1S/C13H19NO2S/c1-10(2)12-7-14(12)9-17(16)13-6-4-3-5-11(13)8-15/h3-6,10,12,15H,7-9H2,1-2H3/t12-,14?,17?/m1/s1. The minimum absolute atomic E-state index is 0.0461. The Balaban J connectivity index is 2.01. The van der Waals surface area contributed by atoms with Crippen LogP contribution in [0.15, 0.2) is 29.2 Å². The number of aliphatic hydroxyl groups excluding tert-OH is 1. The van der Waals surface area contributed by atoms with Gasteiger partial charge in [-0.2, -0.15) is 0 Å². The maximum absolute atomic E-state index is 12.2. The van der Waals surface area contributed by atoms with E-state index in [1.165, 1.54) is 0 Å². The molecule has 1 aromatic rings. The smallest absolute Gasteiger partial charge is 0.0798 e. The third-order valence-electron chi connectivity index (χ3n) is 3.20. The van der Waals surface area contributed by atoms with Gasteiger partial charge in [0.2, 0.25) is 0 Å². The minimum atomic E-state index is -1.03. The van der Waals surface area contributed by atoms with E-state index in [1.54, 1.807) is 0 Å². The molecule has 0 bridgehead atoms. The van der Waals surface area contributed by atoms with E-state index < -0.39 is 10.8 Å². The van der Waals surface area contributed by atoms with Crippen molar-refractivity contribution in [1.29, 1.82) is 0 Å². The van der Waals surface area contributed by atoms with Crippen LogP contribution in [0.2, 0.25) is 0 Å². The van der Waals surface area contributed by atoms with E-state index in [0.29, 0.717) is 17.8 Å². The van der Waals surface area contributed by atoms with Crippen molar-refractivity contribution in [3.05, 3.63) is 29.8 Å². The van der Waals surface area contributed by atoms with Crippen molar-refractivity contribution in [2.24, 2.45) is 5.92 Å². The van der Waals surface area contributed by atoms with Crippen LogP contribution >= 0.6 is 0 Å². The van der Waals surface area contributed by atoms with Gasteiger partial charge in [-0.15, -0.1) is 0 Å². The Labute approximate surface area is 105 Å². The van der Waals surface area contributed by atoms with Crippen LogP contribution in [0, 0.1) is 5.92 Å². The lowest BCUT2D eigenvalue weighted by Gasteiger charge is -2.09. The summed E-state index contributed by atoms with van der Waals surface area (Å²) in [5.41, 5.74) is 0.772. The van der Waals surface area contributed by atoms with Crippen LogP contribution in [0.3, 0.4) is 0 Å². The summed E-state index contributed by atoms with van der Waals surface area (Å²) in [6, 6.07) is 7.99. The van der Waals surface area contributed by atoms with E-state index in [4.69, 9.17) is 0 Å². The van der Waals surface area contributed by atoms with Gasteiger partial charge in [0.05, 0.1) is 23.3 Å². The Hall–Kier alpha value is -0.710. The van der Waals surface area contributed by atoms with E-state index in [2.05, 4.69) is 18.7 Å².